The molecule has 0 aliphatic carbocycles. The molecule has 2 rings (SSSR count). The van der Waals surface area contributed by atoms with Gasteiger partial charge in [0, 0.05) is 38.8 Å². The van der Waals surface area contributed by atoms with Crippen LogP contribution in [0.5, 0.6) is 0 Å². The fourth-order valence-corrected chi connectivity index (χ4v) is 2.86. The summed E-state index contributed by atoms with van der Waals surface area (Å²) in [5.74, 6) is -0.858. The molecule has 7 heteroatoms. The standard InChI is InChI=1S/C17H22ClN3O3/c1-10(2)21-9-11(7-15(21)22)16(23)19-12-5-6-14(18)13(8-12)17(24)20(3)4/h5-6,8,10-11H,7,9H2,1-4H3,(H,19,23). The highest BCUT2D eigenvalue weighted by atomic mass is 35.5. The number of rotatable bonds is 4. The summed E-state index contributed by atoms with van der Waals surface area (Å²) in [6.07, 6.45) is 0.209. The molecule has 1 heterocycles. The monoisotopic (exact) mass is 351 g/mol. The maximum Gasteiger partial charge on any atom is 0.254 e. The van der Waals surface area contributed by atoms with Gasteiger partial charge in [-0.15, -0.1) is 0 Å². The Balaban J connectivity index is 2.11. The summed E-state index contributed by atoms with van der Waals surface area (Å²) >= 11 is 6.06. The highest BCUT2D eigenvalue weighted by Gasteiger charge is 2.35. The Labute approximate surface area is 146 Å². The van der Waals surface area contributed by atoms with Crippen LogP contribution in [0.1, 0.15) is 30.6 Å². The number of carbonyl (C=O) groups excluding carboxylic acids is 3. The van der Waals surface area contributed by atoms with Crippen molar-refractivity contribution in [3.8, 4) is 0 Å². The molecule has 1 N–H and O–H groups in total. The Kier molecular flexibility index (Phi) is 5.49. The number of hydrogen-bond donors (Lipinski definition) is 1. The Morgan fingerprint density at radius 1 is 1.33 bits per heavy atom. The van der Waals surface area contributed by atoms with Crippen LogP contribution in [0.15, 0.2) is 18.2 Å². The topological polar surface area (TPSA) is 69.7 Å². The zero-order valence-electron chi connectivity index (χ0n) is 14.3. The summed E-state index contributed by atoms with van der Waals surface area (Å²) in [6.45, 7) is 4.27. The molecular formula is C17H22ClN3O3. The van der Waals surface area contributed by atoms with Gasteiger partial charge in [0.25, 0.3) is 5.91 Å². The predicted octanol–water partition coefficient (Wildman–Crippen LogP) is 2.24. The second-order valence-electron chi connectivity index (χ2n) is 6.42. The molecule has 24 heavy (non-hydrogen) atoms. The molecule has 1 fully saturated rings. The van der Waals surface area contributed by atoms with Crippen molar-refractivity contribution in [3.05, 3.63) is 28.8 Å². The average molecular weight is 352 g/mol. The minimum Gasteiger partial charge on any atom is -0.345 e. The van der Waals surface area contributed by atoms with Gasteiger partial charge in [-0.3, -0.25) is 14.4 Å². The molecule has 1 aromatic rings. The Hall–Kier alpha value is -2.08. The summed E-state index contributed by atoms with van der Waals surface area (Å²) in [5, 5.41) is 3.11. The van der Waals surface area contributed by atoms with Gasteiger partial charge in [0.1, 0.15) is 0 Å². The normalized spacial score (nSPS) is 17.3. The smallest absolute Gasteiger partial charge is 0.254 e. The van der Waals surface area contributed by atoms with Gasteiger partial charge in [0.2, 0.25) is 11.8 Å². The van der Waals surface area contributed by atoms with Gasteiger partial charge in [-0.2, -0.15) is 0 Å². The van der Waals surface area contributed by atoms with Crippen LogP contribution >= 0.6 is 11.6 Å². The molecule has 1 atom stereocenters. The fraction of sp³-hybridized carbons (Fsp3) is 0.471. The van der Waals surface area contributed by atoms with Gasteiger partial charge >= 0.3 is 0 Å². The van der Waals surface area contributed by atoms with E-state index < -0.39 is 0 Å². The highest BCUT2D eigenvalue weighted by Crippen LogP contribution is 2.24. The summed E-state index contributed by atoms with van der Waals surface area (Å²) in [5.41, 5.74) is 0.816. The molecule has 1 saturated heterocycles. The van der Waals surface area contributed by atoms with Gasteiger partial charge in [0.05, 0.1) is 16.5 Å². The number of halogens is 1. The van der Waals surface area contributed by atoms with Crippen LogP contribution in [-0.2, 0) is 9.59 Å². The zero-order valence-corrected chi connectivity index (χ0v) is 15.1. The first-order valence-electron chi connectivity index (χ1n) is 7.82. The van der Waals surface area contributed by atoms with Crippen LogP contribution in [0.2, 0.25) is 5.02 Å². The van der Waals surface area contributed by atoms with Crippen LogP contribution < -0.4 is 5.32 Å². The molecule has 130 valence electrons. The summed E-state index contributed by atoms with van der Waals surface area (Å²) in [4.78, 5) is 39.6. The molecule has 0 aromatic heterocycles. The SMILES string of the molecule is CC(C)N1CC(C(=O)Nc2ccc(Cl)c(C(=O)N(C)C)c2)CC1=O. The molecule has 1 aliphatic heterocycles. The summed E-state index contributed by atoms with van der Waals surface area (Å²) < 4.78 is 0. The molecule has 6 nitrogen and oxygen atoms in total. The summed E-state index contributed by atoms with van der Waals surface area (Å²) in [7, 11) is 3.27. The molecule has 1 unspecified atom stereocenters. The lowest BCUT2D eigenvalue weighted by Gasteiger charge is -2.20. The number of likely N-dealkylation sites (tertiary alicyclic amines) is 1. The lowest BCUT2D eigenvalue weighted by atomic mass is 10.1. The molecule has 0 saturated carbocycles. The van der Waals surface area contributed by atoms with Crippen molar-refractivity contribution >= 4 is 35.0 Å². The van der Waals surface area contributed by atoms with Gasteiger partial charge in [-0.05, 0) is 32.0 Å². The first kappa shape index (κ1) is 18.3. The Morgan fingerprint density at radius 2 is 2.00 bits per heavy atom. The van der Waals surface area contributed by atoms with Crippen molar-refractivity contribution in [3.63, 3.8) is 0 Å². The molecular weight excluding hydrogens is 330 g/mol. The number of nitrogens with one attached hydrogen (secondary N) is 1. The van der Waals surface area contributed by atoms with E-state index >= 15 is 0 Å². The minimum absolute atomic E-state index is 0.00951. The molecule has 0 spiro atoms. The van der Waals surface area contributed by atoms with Gasteiger partial charge in [0.15, 0.2) is 0 Å². The third-order valence-electron chi connectivity index (χ3n) is 4.02. The average Bonchev–Trinajstić information content (AvgIpc) is 2.90. The first-order chi connectivity index (χ1) is 11.2. The lowest BCUT2D eigenvalue weighted by Crippen LogP contribution is -2.33. The van der Waals surface area contributed by atoms with Crippen molar-refractivity contribution in [1.29, 1.82) is 0 Å². The quantitative estimate of drug-likeness (QED) is 0.904. The minimum atomic E-state index is -0.386. The Bertz CT molecular complexity index is 673. The third-order valence-corrected chi connectivity index (χ3v) is 4.35. The van der Waals surface area contributed by atoms with Crippen LogP contribution in [0.3, 0.4) is 0 Å². The van der Waals surface area contributed by atoms with E-state index in [1.54, 1.807) is 37.2 Å². The second kappa shape index (κ2) is 7.21. The largest absolute Gasteiger partial charge is 0.345 e. The van der Waals surface area contributed by atoms with Crippen molar-refractivity contribution < 1.29 is 14.4 Å². The van der Waals surface area contributed by atoms with Gasteiger partial charge < -0.3 is 15.1 Å². The number of anilines is 1. The predicted molar refractivity (Wildman–Crippen MR) is 93.1 cm³/mol. The molecule has 0 bridgehead atoms. The maximum absolute atomic E-state index is 12.4. The van der Waals surface area contributed by atoms with Gasteiger partial charge in [-0.1, -0.05) is 11.6 Å². The number of hydrogen-bond acceptors (Lipinski definition) is 3. The number of nitrogens with zero attached hydrogens (tertiary/aromatic N) is 2. The van der Waals surface area contributed by atoms with Crippen LogP contribution in [0, 0.1) is 5.92 Å². The molecule has 1 aromatic carbocycles. The van der Waals surface area contributed by atoms with E-state index in [1.807, 2.05) is 13.8 Å². The van der Waals surface area contributed by atoms with Crippen LogP contribution in [0.4, 0.5) is 5.69 Å². The van der Waals surface area contributed by atoms with E-state index in [9.17, 15) is 14.4 Å². The second-order valence-corrected chi connectivity index (χ2v) is 6.83. The number of carbonyl (C=O) groups is 3. The first-order valence-corrected chi connectivity index (χ1v) is 8.20. The summed E-state index contributed by atoms with van der Waals surface area (Å²) in [6, 6.07) is 4.85. The van der Waals surface area contributed by atoms with E-state index in [0.29, 0.717) is 22.8 Å². The lowest BCUT2D eigenvalue weighted by molar-refractivity contribution is -0.129. The van der Waals surface area contributed by atoms with Crippen molar-refractivity contribution in [1.82, 2.24) is 9.80 Å². The van der Waals surface area contributed by atoms with E-state index in [0.717, 1.165) is 0 Å². The van der Waals surface area contributed by atoms with E-state index in [-0.39, 0.29) is 36.1 Å². The van der Waals surface area contributed by atoms with Crippen molar-refractivity contribution in [2.75, 3.05) is 26.0 Å². The third kappa shape index (κ3) is 3.87. The van der Waals surface area contributed by atoms with E-state index in [1.165, 1.54) is 4.90 Å². The van der Waals surface area contributed by atoms with Crippen molar-refractivity contribution in [2.24, 2.45) is 5.92 Å². The van der Waals surface area contributed by atoms with Crippen LogP contribution in [-0.4, -0.2) is 54.2 Å². The Morgan fingerprint density at radius 3 is 2.54 bits per heavy atom. The van der Waals surface area contributed by atoms with E-state index in [2.05, 4.69) is 5.32 Å². The molecule has 3 amide bonds. The van der Waals surface area contributed by atoms with E-state index in [4.69, 9.17) is 11.6 Å². The number of benzene rings is 1. The molecule has 1 aliphatic rings. The zero-order chi connectivity index (χ0) is 18.0. The molecule has 0 radical (unpaired) electrons. The van der Waals surface area contributed by atoms with Crippen molar-refractivity contribution in [2.45, 2.75) is 26.3 Å². The fourth-order valence-electron chi connectivity index (χ4n) is 2.66. The number of amides is 3. The van der Waals surface area contributed by atoms with Gasteiger partial charge in [-0.25, -0.2) is 0 Å². The maximum atomic E-state index is 12.4. The highest BCUT2D eigenvalue weighted by molar-refractivity contribution is 6.34. The van der Waals surface area contributed by atoms with Crippen LogP contribution in [0.25, 0.3) is 0 Å².